The molecule has 0 atom stereocenters. The normalized spacial score (nSPS) is 17.9. The Morgan fingerprint density at radius 1 is 1.27 bits per heavy atom. The molecule has 2 heteroatoms. The molecule has 0 amide bonds. The Bertz CT molecular complexity index is 305. The molecule has 1 aliphatic heterocycles. The minimum Gasteiger partial charge on any atom is -0.381 e. The standard InChI is InChI=1S/C13H19NO/c1-14-10-12-4-2-3-5-13(12)11-6-8-15-9-7-11/h2-5,11,14H,6-10H2,1H3. The summed E-state index contributed by atoms with van der Waals surface area (Å²) in [6.07, 6.45) is 2.33. The van der Waals surface area contributed by atoms with Crippen LogP contribution < -0.4 is 5.32 Å². The van der Waals surface area contributed by atoms with Gasteiger partial charge in [-0.2, -0.15) is 0 Å². The summed E-state index contributed by atoms with van der Waals surface area (Å²) in [5, 5.41) is 3.23. The maximum absolute atomic E-state index is 5.41. The van der Waals surface area contributed by atoms with E-state index < -0.39 is 0 Å². The van der Waals surface area contributed by atoms with Gasteiger partial charge in [-0.3, -0.25) is 0 Å². The number of ether oxygens (including phenoxy) is 1. The summed E-state index contributed by atoms with van der Waals surface area (Å²) in [5.74, 6) is 0.697. The van der Waals surface area contributed by atoms with Crippen LogP contribution in [-0.4, -0.2) is 20.3 Å². The van der Waals surface area contributed by atoms with Crippen molar-refractivity contribution < 1.29 is 4.74 Å². The van der Waals surface area contributed by atoms with E-state index in [1.165, 1.54) is 24.0 Å². The van der Waals surface area contributed by atoms with E-state index in [4.69, 9.17) is 4.74 Å². The van der Waals surface area contributed by atoms with Gasteiger partial charge in [0.1, 0.15) is 0 Å². The third-order valence-corrected chi connectivity index (χ3v) is 3.08. The second-order valence-electron chi connectivity index (χ2n) is 4.12. The van der Waals surface area contributed by atoms with Gasteiger partial charge in [0.2, 0.25) is 0 Å². The summed E-state index contributed by atoms with van der Waals surface area (Å²) < 4.78 is 5.41. The SMILES string of the molecule is CNCc1ccccc1C1CCOCC1. The van der Waals surface area contributed by atoms with Gasteiger partial charge in [-0.15, -0.1) is 0 Å². The van der Waals surface area contributed by atoms with Gasteiger partial charge >= 0.3 is 0 Å². The summed E-state index contributed by atoms with van der Waals surface area (Å²) in [5.41, 5.74) is 2.95. The van der Waals surface area contributed by atoms with Gasteiger partial charge < -0.3 is 10.1 Å². The number of hydrogen-bond donors (Lipinski definition) is 1. The van der Waals surface area contributed by atoms with Crippen LogP contribution in [0.25, 0.3) is 0 Å². The molecular weight excluding hydrogens is 186 g/mol. The van der Waals surface area contributed by atoms with Gasteiger partial charge in [0.05, 0.1) is 0 Å². The quantitative estimate of drug-likeness (QED) is 0.817. The first kappa shape index (κ1) is 10.7. The van der Waals surface area contributed by atoms with E-state index in [1.54, 1.807) is 0 Å². The molecule has 0 aliphatic carbocycles. The molecule has 2 nitrogen and oxygen atoms in total. The Kier molecular flexibility index (Phi) is 3.75. The summed E-state index contributed by atoms with van der Waals surface area (Å²) in [4.78, 5) is 0. The van der Waals surface area contributed by atoms with Crippen molar-refractivity contribution in [2.45, 2.75) is 25.3 Å². The molecule has 1 aromatic carbocycles. The average molecular weight is 205 g/mol. The van der Waals surface area contributed by atoms with Crippen LogP contribution >= 0.6 is 0 Å². The van der Waals surface area contributed by atoms with Crippen LogP contribution in [0.1, 0.15) is 29.9 Å². The molecule has 1 N–H and O–H groups in total. The second kappa shape index (κ2) is 5.29. The Morgan fingerprint density at radius 2 is 2.00 bits per heavy atom. The van der Waals surface area contributed by atoms with Crippen molar-refractivity contribution in [2.24, 2.45) is 0 Å². The van der Waals surface area contributed by atoms with Crippen LogP contribution in [0.4, 0.5) is 0 Å². The molecular formula is C13H19NO. The highest BCUT2D eigenvalue weighted by atomic mass is 16.5. The van der Waals surface area contributed by atoms with Gasteiger partial charge in [-0.25, -0.2) is 0 Å². The Morgan fingerprint density at radius 3 is 2.73 bits per heavy atom. The first-order valence-corrected chi connectivity index (χ1v) is 5.72. The van der Waals surface area contributed by atoms with Gasteiger partial charge in [-0.05, 0) is 36.9 Å². The van der Waals surface area contributed by atoms with Crippen molar-refractivity contribution in [3.63, 3.8) is 0 Å². The second-order valence-corrected chi connectivity index (χ2v) is 4.12. The number of hydrogen-bond acceptors (Lipinski definition) is 2. The third kappa shape index (κ3) is 2.58. The lowest BCUT2D eigenvalue weighted by Crippen LogP contribution is -2.17. The highest BCUT2D eigenvalue weighted by Gasteiger charge is 2.17. The van der Waals surface area contributed by atoms with Crippen molar-refractivity contribution >= 4 is 0 Å². The Balaban J connectivity index is 2.17. The monoisotopic (exact) mass is 205 g/mol. The maximum atomic E-state index is 5.41. The van der Waals surface area contributed by atoms with Gasteiger partial charge in [-0.1, -0.05) is 24.3 Å². The molecule has 0 aromatic heterocycles. The lowest BCUT2D eigenvalue weighted by Gasteiger charge is -2.24. The maximum Gasteiger partial charge on any atom is 0.0471 e. The third-order valence-electron chi connectivity index (χ3n) is 3.08. The van der Waals surface area contributed by atoms with Gasteiger partial charge in [0.25, 0.3) is 0 Å². The summed E-state index contributed by atoms with van der Waals surface area (Å²) in [6.45, 7) is 2.80. The minimum atomic E-state index is 0.697. The fourth-order valence-electron chi connectivity index (χ4n) is 2.29. The van der Waals surface area contributed by atoms with Crippen molar-refractivity contribution in [3.8, 4) is 0 Å². The van der Waals surface area contributed by atoms with Gasteiger partial charge in [0, 0.05) is 19.8 Å². The van der Waals surface area contributed by atoms with E-state index in [0.29, 0.717) is 5.92 Å². The van der Waals surface area contributed by atoms with E-state index in [-0.39, 0.29) is 0 Å². The smallest absolute Gasteiger partial charge is 0.0471 e. The number of nitrogens with one attached hydrogen (secondary N) is 1. The molecule has 1 saturated heterocycles. The highest BCUT2D eigenvalue weighted by molar-refractivity contribution is 5.30. The lowest BCUT2D eigenvalue weighted by atomic mass is 9.88. The fraction of sp³-hybridized carbons (Fsp3) is 0.538. The predicted molar refractivity (Wildman–Crippen MR) is 62.0 cm³/mol. The molecule has 1 heterocycles. The molecule has 15 heavy (non-hydrogen) atoms. The zero-order valence-corrected chi connectivity index (χ0v) is 9.33. The fourth-order valence-corrected chi connectivity index (χ4v) is 2.29. The van der Waals surface area contributed by atoms with Crippen molar-refractivity contribution in [3.05, 3.63) is 35.4 Å². The molecule has 1 aromatic rings. The number of rotatable bonds is 3. The van der Waals surface area contributed by atoms with Crippen molar-refractivity contribution in [1.29, 1.82) is 0 Å². The van der Waals surface area contributed by atoms with Crippen LogP contribution in [0.2, 0.25) is 0 Å². The summed E-state index contributed by atoms with van der Waals surface area (Å²) in [6, 6.07) is 8.75. The van der Waals surface area contributed by atoms with Crippen LogP contribution in [-0.2, 0) is 11.3 Å². The molecule has 0 unspecified atom stereocenters. The van der Waals surface area contributed by atoms with Crippen LogP contribution in [0.3, 0.4) is 0 Å². The summed E-state index contributed by atoms with van der Waals surface area (Å²) in [7, 11) is 2.00. The van der Waals surface area contributed by atoms with Crippen LogP contribution in [0, 0.1) is 0 Å². The number of benzene rings is 1. The van der Waals surface area contributed by atoms with Gasteiger partial charge in [0.15, 0.2) is 0 Å². The first-order chi connectivity index (χ1) is 7.42. The zero-order valence-electron chi connectivity index (χ0n) is 9.33. The molecule has 82 valence electrons. The molecule has 0 bridgehead atoms. The Labute approximate surface area is 91.6 Å². The Hall–Kier alpha value is -0.860. The van der Waals surface area contributed by atoms with Crippen LogP contribution in [0.5, 0.6) is 0 Å². The highest BCUT2D eigenvalue weighted by Crippen LogP contribution is 2.29. The lowest BCUT2D eigenvalue weighted by molar-refractivity contribution is 0.0851. The van der Waals surface area contributed by atoms with E-state index in [9.17, 15) is 0 Å². The minimum absolute atomic E-state index is 0.697. The molecule has 0 spiro atoms. The molecule has 2 rings (SSSR count). The topological polar surface area (TPSA) is 21.3 Å². The molecule has 0 radical (unpaired) electrons. The van der Waals surface area contributed by atoms with E-state index in [1.807, 2.05) is 7.05 Å². The van der Waals surface area contributed by atoms with E-state index >= 15 is 0 Å². The van der Waals surface area contributed by atoms with Crippen molar-refractivity contribution in [2.75, 3.05) is 20.3 Å². The largest absolute Gasteiger partial charge is 0.381 e. The van der Waals surface area contributed by atoms with E-state index in [2.05, 4.69) is 29.6 Å². The van der Waals surface area contributed by atoms with E-state index in [0.717, 1.165) is 19.8 Å². The molecule has 1 fully saturated rings. The zero-order chi connectivity index (χ0) is 10.5. The predicted octanol–water partition coefficient (Wildman–Crippen LogP) is 2.30. The first-order valence-electron chi connectivity index (χ1n) is 5.72. The van der Waals surface area contributed by atoms with Crippen LogP contribution in [0.15, 0.2) is 24.3 Å². The molecule has 0 saturated carbocycles. The average Bonchev–Trinajstić information content (AvgIpc) is 2.31. The summed E-state index contributed by atoms with van der Waals surface area (Å²) >= 11 is 0. The van der Waals surface area contributed by atoms with Crippen molar-refractivity contribution in [1.82, 2.24) is 5.32 Å². The molecule has 1 aliphatic rings.